The predicted octanol–water partition coefficient (Wildman–Crippen LogP) is 3.83. The van der Waals surface area contributed by atoms with Gasteiger partial charge in [-0.15, -0.1) is 0 Å². The summed E-state index contributed by atoms with van der Waals surface area (Å²) in [4.78, 5) is 28.2. The van der Waals surface area contributed by atoms with Gasteiger partial charge >= 0.3 is 5.97 Å². The number of carbonyl (C=O) groups is 1. The third kappa shape index (κ3) is 4.48. The number of benzene rings is 2. The van der Waals surface area contributed by atoms with Crippen LogP contribution in [0.3, 0.4) is 0 Å². The van der Waals surface area contributed by atoms with E-state index in [4.69, 9.17) is 9.84 Å². The largest absolute Gasteiger partial charge is 0.481 e. The van der Waals surface area contributed by atoms with Crippen LogP contribution in [0.1, 0.15) is 18.3 Å². The predicted molar refractivity (Wildman–Crippen MR) is 113 cm³/mol. The van der Waals surface area contributed by atoms with Crippen molar-refractivity contribution in [1.82, 2.24) is 9.66 Å². The Hall–Kier alpha value is -2.52. The molecule has 1 aromatic heterocycles. The van der Waals surface area contributed by atoms with Crippen LogP contribution in [0.4, 0.5) is 0 Å². The van der Waals surface area contributed by atoms with E-state index in [1.54, 1.807) is 30.3 Å². The molecule has 0 radical (unpaired) electrons. The Kier molecular flexibility index (Phi) is 6.25. The second-order valence-electron chi connectivity index (χ2n) is 5.77. The van der Waals surface area contributed by atoms with Crippen molar-refractivity contribution >= 4 is 54.9 Å². The first-order valence-corrected chi connectivity index (χ1v) is 9.87. The van der Waals surface area contributed by atoms with Crippen molar-refractivity contribution in [3.8, 4) is 5.75 Å². The van der Waals surface area contributed by atoms with Crippen LogP contribution < -0.4 is 10.3 Å². The number of hydrogen-bond donors (Lipinski definition) is 1. The lowest BCUT2D eigenvalue weighted by Gasteiger charge is -2.09. The van der Waals surface area contributed by atoms with Crippen molar-refractivity contribution in [2.75, 3.05) is 6.61 Å². The molecule has 144 valence electrons. The minimum atomic E-state index is -1.08. The monoisotopic (exact) mass is 507 g/mol. The molecule has 0 saturated carbocycles. The van der Waals surface area contributed by atoms with Gasteiger partial charge in [-0.1, -0.05) is 38.8 Å². The molecule has 1 heterocycles. The minimum absolute atomic E-state index is 0.289. The fourth-order valence-corrected chi connectivity index (χ4v) is 3.29. The summed E-state index contributed by atoms with van der Waals surface area (Å²) in [5.74, 6) is -0.226. The first-order valence-electron chi connectivity index (χ1n) is 8.28. The Morgan fingerprint density at radius 1 is 1.25 bits per heavy atom. The zero-order valence-corrected chi connectivity index (χ0v) is 17.9. The molecule has 9 heteroatoms. The average molecular weight is 509 g/mol. The minimum Gasteiger partial charge on any atom is -0.481 e. The van der Waals surface area contributed by atoms with Crippen LogP contribution in [0.2, 0.25) is 0 Å². The summed E-state index contributed by atoms with van der Waals surface area (Å²) in [7, 11) is 0. The van der Waals surface area contributed by atoms with Crippen LogP contribution in [0.15, 0.2) is 55.2 Å². The summed E-state index contributed by atoms with van der Waals surface area (Å²) in [5, 5.41) is 13.6. The second-order valence-corrected chi connectivity index (χ2v) is 7.60. The third-order valence-electron chi connectivity index (χ3n) is 3.83. The maximum atomic E-state index is 12.9. The van der Waals surface area contributed by atoms with Crippen LogP contribution in [0.25, 0.3) is 10.9 Å². The first-order chi connectivity index (χ1) is 13.4. The maximum Gasteiger partial charge on any atom is 0.341 e. The third-order valence-corrected chi connectivity index (χ3v) is 4.81. The van der Waals surface area contributed by atoms with Gasteiger partial charge in [0.2, 0.25) is 0 Å². The lowest BCUT2D eigenvalue weighted by molar-refractivity contribution is -0.139. The molecule has 0 saturated heterocycles. The molecular weight excluding hydrogens is 494 g/mol. The molecule has 3 rings (SSSR count). The van der Waals surface area contributed by atoms with Gasteiger partial charge in [-0.2, -0.15) is 9.78 Å². The Morgan fingerprint density at radius 2 is 1.96 bits per heavy atom. The highest BCUT2D eigenvalue weighted by atomic mass is 79.9. The van der Waals surface area contributed by atoms with E-state index in [2.05, 4.69) is 41.9 Å². The Morgan fingerprint density at radius 3 is 2.68 bits per heavy atom. The van der Waals surface area contributed by atoms with Gasteiger partial charge in [0.1, 0.15) is 11.6 Å². The van der Waals surface area contributed by atoms with Crippen LogP contribution in [-0.4, -0.2) is 33.6 Å². The van der Waals surface area contributed by atoms with Crippen LogP contribution in [0, 0.1) is 0 Å². The fraction of sp³-hybridized carbons (Fsp3) is 0.158. The second kappa shape index (κ2) is 8.66. The number of halogens is 2. The van der Waals surface area contributed by atoms with E-state index in [-0.39, 0.29) is 5.56 Å². The number of carboxylic acids is 1. The van der Waals surface area contributed by atoms with Crippen molar-refractivity contribution < 1.29 is 14.6 Å². The normalized spacial score (nSPS) is 11.2. The van der Waals surface area contributed by atoms with E-state index >= 15 is 0 Å². The van der Waals surface area contributed by atoms with Crippen LogP contribution in [-0.2, 0) is 11.2 Å². The molecule has 28 heavy (non-hydrogen) atoms. The number of nitrogens with zero attached hydrogens (tertiary/aromatic N) is 3. The van der Waals surface area contributed by atoms with E-state index in [0.29, 0.717) is 34.5 Å². The highest BCUT2D eigenvalue weighted by Gasteiger charge is 2.11. The maximum absolute atomic E-state index is 12.9. The molecule has 0 fully saturated rings. The number of rotatable bonds is 6. The molecule has 7 nitrogen and oxygen atoms in total. The lowest BCUT2D eigenvalue weighted by Crippen LogP contribution is -2.22. The number of aliphatic carboxylic acids is 1. The number of aryl methyl sites for hydroxylation is 1. The van der Waals surface area contributed by atoms with Crippen LogP contribution >= 0.6 is 31.9 Å². The van der Waals surface area contributed by atoms with Gasteiger partial charge < -0.3 is 9.84 Å². The SMILES string of the molecule is CCc1nc2ccc(Br)cc2c(=O)n1N=Cc1cc(Br)ccc1OCC(=O)O. The summed E-state index contributed by atoms with van der Waals surface area (Å²) in [6, 6.07) is 10.4. The number of aromatic nitrogens is 2. The summed E-state index contributed by atoms with van der Waals surface area (Å²) >= 11 is 6.73. The van der Waals surface area contributed by atoms with E-state index in [1.165, 1.54) is 10.9 Å². The summed E-state index contributed by atoms with van der Waals surface area (Å²) < 4.78 is 8.08. The molecule has 1 N–H and O–H groups in total. The first kappa shape index (κ1) is 20.2. The van der Waals surface area contributed by atoms with E-state index in [1.807, 2.05) is 13.0 Å². The molecule has 0 atom stereocenters. The molecule has 0 amide bonds. The van der Waals surface area contributed by atoms with Gasteiger partial charge in [-0.25, -0.2) is 9.78 Å². The quantitative estimate of drug-likeness (QED) is 0.511. The van der Waals surface area contributed by atoms with E-state index in [9.17, 15) is 9.59 Å². The van der Waals surface area contributed by atoms with Crippen molar-refractivity contribution in [3.05, 3.63) is 67.1 Å². The van der Waals surface area contributed by atoms with Gasteiger partial charge in [0.25, 0.3) is 5.56 Å². The molecular formula is C19H15Br2N3O4. The van der Waals surface area contributed by atoms with Gasteiger partial charge in [-0.05, 0) is 36.4 Å². The van der Waals surface area contributed by atoms with Crippen molar-refractivity contribution in [1.29, 1.82) is 0 Å². The van der Waals surface area contributed by atoms with Crippen molar-refractivity contribution in [2.45, 2.75) is 13.3 Å². The number of carboxylic acid groups (broad SMARTS) is 1. The number of fused-ring (bicyclic) bond motifs is 1. The van der Waals surface area contributed by atoms with Gasteiger partial charge in [-0.3, -0.25) is 4.79 Å². The zero-order valence-electron chi connectivity index (χ0n) is 14.7. The van der Waals surface area contributed by atoms with Gasteiger partial charge in [0, 0.05) is 20.9 Å². The van der Waals surface area contributed by atoms with Crippen molar-refractivity contribution in [2.24, 2.45) is 5.10 Å². The molecule has 0 unspecified atom stereocenters. The molecule has 0 aliphatic rings. The Balaban J connectivity index is 2.08. The zero-order chi connectivity index (χ0) is 20.3. The number of hydrogen-bond acceptors (Lipinski definition) is 5. The lowest BCUT2D eigenvalue weighted by atomic mass is 10.2. The smallest absolute Gasteiger partial charge is 0.341 e. The van der Waals surface area contributed by atoms with Crippen molar-refractivity contribution in [3.63, 3.8) is 0 Å². The molecule has 2 aromatic carbocycles. The van der Waals surface area contributed by atoms with E-state index in [0.717, 1.165) is 8.95 Å². The standard InChI is InChI=1S/C19H15Br2N3O4/c1-2-17-23-15-5-3-13(21)8-14(15)19(27)24(17)22-9-11-7-12(20)4-6-16(11)28-10-18(25)26/h3-9H,2,10H2,1H3,(H,25,26). The molecule has 3 aromatic rings. The Bertz CT molecular complexity index is 1140. The van der Waals surface area contributed by atoms with Gasteiger partial charge in [0.15, 0.2) is 6.61 Å². The molecule has 0 spiro atoms. The molecule has 0 bridgehead atoms. The summed E-state index contributed by atoms with van der Waals surface area (Å²) in [6.07, 6.45) is 1.97. The summed E-state index contributed by atoms with van der Waals surface area (Å²) in [5.41, 5.74) is 0.839. The van der Waals surface area contributed by atoms with Gasteiger partial charge in [0.05, 0.1) is 17.1 Å². The highest BCUT2D eigenvalue weighted by Crippen LogP contribution is 2.22. The van der Waals surface area contributed by atoms with E-state index < -0.39 is 12.6 Å². The average Bonchev–Trinajstić information content (AvgIpc) is 2.66. The summed E-state index contributed by atoms with van der Waals surface area (Å²) in [6.45, 7) is 1.41. The highest BCUT2D eigenvalue weighted by molar-refractivity contribution is 9.10. The van der Waals surface area contributed by atoms with Crippen LogP contribution in [0.5, 0.6) is 5.75 Å². The molecule has 0 aliphatic carbocycles. The number of ether oxygens (including phenoxy) is 1. The molecule has 0 aliphatic heterocycles. The fourth-order valence-electron chi connectivity index (χ4n) is 2.55. The topological polar surface area (TPSA) is 93.8 Å². The Labute approximate surface area is 176 Å².